The number of hydrogen-bond acceptors (Lipinski definition) is 2. The molecular weight excluding hydrogens is 404 g/mol. The van der Waals surface area contributed by atoms with Gasteiger partial charge in [0.2, 0.25) is 10.0 Å². The summed E-state index contributed by atoms with van der Waals surface area (Å²) in [5.74, 6) is -0.898. The SMILES string of the molecule is O=S(=O)(c1ccc(Cl)c(F)c1Cl)N1CCCCCC1CBr. The van der Waals surface area contributed by atoms with E-state index >= 15 is 0 Å². The van der Waals surface area contributed by atoms with E-state index in [1.807, 2.05) is 0 Å². The van der Waals surface area contributed by atoms with Crippen molar-refractivity contribution in [1.82, 2.24) is 4.31 Å². The first-order valence-corrected chi connectivity index (χ1v) is 9.92. The number of sulfonamides is 1. The van der Waals surface area contributed by atoms with Crippen LogP contribution in [0, 0.1) is 5.82 Å². The van der Waals surface area contributed by atoms with E-state index in [1.54, 1.807) is 0 Å². The molecule has 1 aliphatic heterocycles. The molecule has 1 atom stereocenters. The Hall–Kier alpha value is 0.120. The maximum atomic E-state index is 13.8. The Bertz CT molecular complexity index is 627. The summed E-state index contributed by atoms with van der Waals surface area (Å²) in [6.45, 7) is 0.416. The molecule has 1 aromatic rings. The topological polar surface area (TPSA) is 37.4 Å². The average Bonchev–Trinajstić information content (AvgIpc) is 2.70. The highest BCUT2D eigenvalue weighted by Crippen LogP contribution is 2.33. The summed E-state index contributed by atoms with van der Waals surface area (Å²) in [4.78, 5) is -0.223. The van der Waals surface area contributed by atoms with Gasteiger partial charge in [0.05, 0.1) is 10.0 Å². The normalized spacial score (nSPS) is 21.2. The minimum Gasteiger partial charge on any atom is -0.207 e. The molecule has 0 spiro atoms. The molecule has 1 saturated heterocycles. The van der Waals surface area contributed by atoms with Gasteiger partial charge in [-0.2, -0.15) is 4.31 Å². The standard InChI is InChI=1S/C13H15BrCl2FNO2S/c14-8-9-4-2-1-3-7-18(9)21(19,20)11-6-5-10(15)13(17)12(11)16/h5-6,9H,1-4,7-8H2. The van der Waals surface area contributed by atoms with Gasteiger partial charge in [-0.25, -0.2) is 12.8 Å². The van der Waals surface area contributed by atoms with Crippen LogP contribution in [0.2, 0.25) is 10.0 Å². The van der Waals surface area contributed by atoms with Crippen LogP contribution in [0.15, 0.2) is 17.0 Å². The fraction of sp³-hybridized carbons (Fsp3) is 0.538. The van der Waals surface area contributed by atoms with E-state index in [0.717, 1.165) is 25.7 Å². The highest BCUT2D eigenvalue weighted by Gasteiger charge is 2.34. The zero-order valence-corrected chi connectivity index (χ0v) is 15.1. The minimum absolute atomic E-state index is 0.146. The lowest BCUT2D eigenvalue weighted by Crippen LogP contribution is -2.41. The Morgan fingerprint density at radius 2 is 2.00 bits per heavy atom. The van der Waals surface area contributed by atoms with Gasteiger partial charge < -0.3 is 0 Å². The van der Waals surface area contributed by atoms with Crippen molar-refractivity contribution >= 4 is 49.2 Å². The van der Waals surface area contributed by atoms with Gasteiger partial charge in [0.25, 0.3) is 0 Å². The van der Waals surface area contributed by atoms with Crippen molar-refractivity contribution in [2.45, 2.75) is 36.6 Å². The van der Waals surface area contributed by atoms with Gasteiger partial charge in [-0.1, -0.05) is 52.0 Å². The third kappa shape index (κ3) is 3.55. The van der Waals surface area contributed by atoms with Crippen molar-refractivity contribution in [1.29, 1.82) is 0 Å². The van der Waals surface area contributed by atoms with Crippen LogP contribution in [0.3, 0.4) is 0 Å². The lowest BCUT2D eigenvalue weighted by atomic mass is 10.1. The van der Waals surface area contributed by atoms with Gasteiger partial charge in [0, 0.05) is 17.9 Å². The molecule has 1 unspecified atom stereocenters. The molecule has 0 aromatic heterocycles. The third-order valence-corrected chi connectivity index (χ3v) is 7.10. The Balaban J connectivity index is 2.47. The zero-order valence-electron chi connectivity index (χ0n) is 11.2. The summed E-state index contributed by atoms with van der Waals surface area (Å²) in [6.07, 6.45) is 3.53. The zero-order chi connectivity index (χ0) is 15.6. The molecule has 8 heteroatoms. The van der Waals surface area contributed by atoms with Crippen LogP contribution >= 0.6 is 39.1 Å². The predicted molar refractivity (Wildman–Crippen MR) is 86.4 cm³/mol. The summed E-state index contributed by atoms with van der Waals surface area (Å²) in [5.41, 5.74) is 0. The smallest absolute Gasteiger partial charge is 0.207 e. The molecule has 0 aliphatic carbocycles. The Labute approximate surface area is 142 Å². The second-order valence-corrected chi connectivity index (χ2v) is 8.24. The molecular formula is C13H15BrCl2FNO2S. The molecule has 0 amide bonds. The molecule has 1 aliphatic rings. The van der Waals surface area contributed by atoms with Crippen LogP contribution in [0.1, 0.15) is 25.7 Å². The number of nitrogens with zero attached hydrogens (tertiary/aromatic N) is 1. The number of rotatable bonds is 3. The molecule has 3 nitrogen and oxygen atoms in total. The molecule has 1 fully saturated rings. The molecule has 21 heavy (non-hydrogen) atoms. The first-order valence-electron chi connectivity index (χ1n) is 6.61. The van der Waals surface area contributed by atoms with Crippen molar-refractivity contribution in [3.8, 4) is 0 Å². The van der Waals surface area contributed by atoms with Crippen molar-refractivity contribution < 1.29 is 12.8 Å². The summed E-state index contributed by atoms with van der Waals surface area (Å²) in [7, 11) is -3.84. The third-order valence-electron chi connectivity index (χ3n) is 3.59. The van der Waals surface area contributed by atoms with E-state index in [9.17, 15) is 12.8 Å². The first-order chi connectivity index (χ1) is 9.89. The lowest BCUT2D eigenvalue weighted by molar-refractivity contribution is 0.347. The van der Waals surface area contributed by atoms with Crippen molar-refractivity contribution in [3.05, 3.63) is 28.0 Å². The lowest BCUT2D eigenvalue weighted by Gasteiger charge is -2.28. The van der Waals surface area contributed by atoms with E-state index in [2.05, 4.69) is 15.9 Å². The van der Waals surface area contributed by atoms with Crippen LogP contribution in [0.25, 0.3) is 0 Å². The van der Waals surface area contributed by atoms with Gasteiger partial charge in [-0.05, 0) is 25.0 Å². The van der Waals surface area contributed by atoms with E-state index in [4.69, 9.17) is 23.2 Å². The molecule has 0 N–H and O–H groups in total. The molecule has 1 heterocycles. The Morgan fingerprint density at radius 1 is 1.29 bits per heavy atom. The van der Waals surface area contributed by atoms with Gasteiger partial charge >= 0.3 is 0 Å². The summed E-state index contributed by atoms with van der Waals surface area (Å²) >= 11 is 14.8. The second kappa shape index (κ2) is 7.13. The van der Waals surface area contributed by atoms with Crippen LogP contribution in [-0.4, -0.2) is 30.6 Å². The monoisotopic (exact) mass is 417 g/mol. The van der Waals surface area contributed by atoms with Crippen molar-refractivity contribution in [3.63, 3.8) is 0 Å². The van der Waals surface area contributed by atoms with Gasteiger partial charge in [0.15, 0.2) is 5.82 Å². The Morgan fingerprint density at radius 3 is 2.67 bits per heavy atom. The molecule has 0 bridgehead atoms. The fourth-order valence-corrected chi connectivity index (χ4v) is 5.73. The minimum atomic E-state index is -3.84. The number of alkyl halides is 1. The number of halogens is 4. The van der Waals surface area contributed by atoms with E-state index < -0.39 is 20.9 Å². The second-order valence-electron chi connectivity index (χ2n) is 4.95. The van der Waals surface area contributed by atoms with E-state index in [1.165, 1.54) is 16.4 Å². The maximum absolute atomic E-state index is 13.8. The quantitative estimate of drug-likeness (QED) is 0.536. The number of benzene rings is 1. The summed E-state index contributed by atoms with van der Waals surface area (Å²) in [5, 5.41) is -0.0909. The Kier molecular flexibility index (Phi) is 5.93. The van der Waals surface area contributed by atoms with Gasteiger partial charge in [-0.15, -0.1) is 0 Å². The number of hydrogen-bond donors (Lipinski definition) is 0. The van der Waals surface area contributed by atoms with Crippen LogP contribution in [0.4, 0.5) is 4.39 Å². The van der Waals surface area contributed by atoms with Crippen molar-refractivity contribution in [2.75, 3.05) is 11.9 Å². The highest BCUT2D eigenvalue weighted by atomic mass is 79.9. The first kappa shape index (κ1) is 17.5. The molecule has 0 radical (unpaired) electrons. The fourth-order valence-electron chi connectivity index (χ4n) is 2.46. The van der Waals surface area contributed by atoms with E-state index in [-0.39, 0.29) is 16.0 Å². The molecule has 0 saturated carbocycles. The van der Waals surface area contributed by atoms with Gasteiger partial charge in [-0.3, -0.25) is 0 Å². The molecule has 118 valence electrons. The molecule has 1 aromatic carbocycles. The maximum Gasteiger partial charge on any atom is 0.244 e. The predicted octanol–water partition coefficient (Wildman–Crippen LogP) is 4.46. The van der Waals surface area contributed by atoms with Crippen LogP contribution in [0.5, 0.6) is 0 Å². The largest absolute Gasteiger partial charge is 0.244 e. The molecule has 2 rings (SSSR count). The summed E-state index contributed by atoms with van der Waals surface area (Å²) < 4.78 is 40.8. The van der Waals surface area contributed by atoms with Gasteiger partial charge in [0.1, 0.15) is 4.90 Å². The van der Waals surface area contributed by atoms with Crippen molar-refractivity contribution in [2.24, 2.45) is 0 Å². The average molecular weight is 419 g/mol. The highest BCUT2D eigenvalue weighted by molar-refractivity contribution is 9.09. The van der Waals surface area contributed by atoms with Crippen LogP contribution in [-0.2, 0) is 10.0 Å². The summed E-state index contributed by atoms with van der Waals surface area (Å²) in [6, 6.07) is 2.34. The van der Waals surface area contributed by atoms with E-state index in [0.29, 0.717) is 11.9 Å². The van der Waals surface area contributed by atoms with Crippen LogP contribution < -0.4 is 0 Å².